The molecule has 112 valence electrons. The van der Waals surface area contributed by atoms with Crippen LogP contribution in [0.25, 0.3) is 0 Å². The first-order valence-electron chi connectivity index (χ1n) is 6.97. The summed E-state index contributed by atoms with van der Waals surface area (Å²) in [5, 5.41) is 5.59. The standard InChI is InChI=1S/C15H16F2N2O2/c16-11-1-2-13(17)10(5-11)7-12-6-9(3-4-18-12)14-8-15(20)19-21-14/h1-2,5,8-9,12,18H,3-4,6-7H2,(H,19,20). The Labute approximate surface area is 120 Å². The van der Waals surface area contributed by atoms with Gasteiger partial charge in [0, 0.05) is 18.0 Å². The lowest BCUT2D eigenvalue weighted by molar-refractivity contribution is 0.291. The molecule has 2 unspecified atom stereocenters. The zero-order valence-electron chi connectivity index (χ0n) is 11.4. The molecule has 0 amide bonds. The summed E-state index contributed by atoms with van der Waals surface area (Å²) in [7, 11) is 0. The Morgan fingerprint density at radius 3 is 2.90 bits per heavy atom. The van der Waals surface area contributed by atoms with Gasteiger partial charge in [0.05, 0.1) is 0 Å². The number of halogens is 2. The van der Waals surface area contributed by atoms with Crippen molar-refractivity contribution in [2.24, 2.45) is 0 Å². The number of hydrogen-bond donors (Lipinski definition) is 2. The Kier molecular flexibility index (Phi) is 3.88. The van der Waals surface area contributed by atoms with Crippen LogP contribution >= 0.6 is 0 Å². The maximum absolute atomic E-state index is 13.7. The second kappa shape index (κ2) is 5.81. The van der Waals surface area contributed by atoms with E-state index in [1.165, 1.54) is 12.1 Å². The summed E-state index contributed by atoms with van der Waals surface area (Å²) in [5.41, 5.74) is 0.111. The van der Waals surface area contributed by atoms with Crippen LogP contribution in [0.1, 0.15) is 30.1 Å². The lowest BCUT2D eigenvalue weighted by Crippen LogP contribution is -2.38. The molecule has 21 heavy (non-hydrogen) atoms. The molecule has 0 saturated carbocycles. The van der Waals surface area contributed by atoms with Gasteiger partial charge < -0.3 is 9.84 Å². The lowest BCUT2D eigenvalue weighted by Gasteiger charge is -2.29. The highest BCUT2D eigenvalue weighted by Gasteiger charge is 2.26. The Morgan fingerprint density at radius 1 is 1.29 bits per heavy atom. The number of piperidine rings is 1. The number of aromatic nitrogens is 1. The van der Waals surface area contributed by atoms with Crippen molar-refractivity contribution < 1.29 is 13.3 Å². The van der Waals surface area contributed by atoms with Gasteiger partial charge in [-0.1, -0.05) is 0 Å². The van der Waals surface area contributed by atoms with Gasteiger partial charge in [-0.3, -0.25) is 4.79 Å². The van der Waals surface area contributed by atoms with Crippen molar-refractivity contribution in [1.29, 1.82) is 0 Å². The van der Waals surface area contributed by atoms with E-state index in [-0.39, 0.29) is 17.5 Å². The molecule has 1 fully saturated rings. The van der Waals surface area contributed by atoms with Crippen LogP contribution in [-0.2, 0) is 6.42 Å². The third kappa shape index (κ3) is 3.21. The van der Waals surface area contributed by atoms with Crippen LogP contribution in [0.4, 0.5) is 8.78 Å². The number of H-pyrrole nitrogens is 1. The molecule has 3 rings (SSSR count). The van der Waals surface area contributed by atoms with Gasteiger partial charge >= 0.3 is 0 Å². The van der Waals surface area contributed by atoms with Crippen molar-refractivity contribution in [3.63, 3.8) is 0 Å². The minimum absolute atomic E-state index is 0.0280. The number of aromatic amines is 1. The predicted octanol–water partition coefficient (Wildman–Crippen LogP) is 2.32. The number of hydrogen-bond acceptors (Lipinski definition) is 3. The van der Waals surface area contributed by atoms with Crippen LogP contribution in [0.15, 0.2) is 33.6 Å². The number of nitrogens with one attached hydrogen (secondary N) is 2. The summed E-state index contributed by atoms with van der Waals surface area (Å²) >= 11 is 0. The highest BCUT2D eigenvalue weighted by molar-refractivity contribution is 5.20. The van der Waals surface area contributed by atoms with Crippen molar-refractivity contribution in [2.45, 2.75) is 31.2 Å². The van der Waals surface area contributed by atoms with E-state index >= 15 is 0 Å². The van der Waals surface area contributed by atoms with Crippen LogP contribution < -0.4 is 10.9 Å². The van der Waals surface area contributed by atoms with E-state index in [9.17, 15) is 13.6 Å². The normalized spacial score (nSPS) is 22.4. The van der Waals surface area contributed by atoms with E-state index in [0.29, 0.717) is 17.7 Å². The van der Waals surface area contributed by atoms with Gasteiger partial charge in [0.25, 0.3) is 5.56 Å². The van der Waals surface area contributed by atoms with Crippen LogP contribution in [0.2, 0.25) is 0 Å². The number of benzene rings is 1. The van der Waals surface area contributed by atoms with Gasteiger partial charge in [0.1, 0.15) is 17.4 Å². The monoisotopic (exact) mass is 294 g/mol. The topological polar surface area (TPSA) is 58.0 Å². The van der Waals surface area contributed by atoms with E-state index in [1.807, 2.05) is 0 Å². The van der Waals surface area contributed by atoms with Crippen molar-refractivity contribution in [1.82, 2.24) is 10.5 Å². The fraction of sp³-hybridized carbons (Fsp3) is 0.400. The average Bonchev–Trinajstić information content (AvgIpc) is 2.90. The van der Waals surface area contributed by atoms with Crippen molar-refractivity contribution in [3.8, 4) is 0 Å². The quantitative estimate of drug-likeness (QED) is 0.913. The molecule has 1 aromatic heterocycles. The zero-order valence-corrected chi connectivity index (χ0v) is 11.4. The second-order valence-corrected chi connectivity index (χ2v) is 5.43. The third-order valence-corrected chi connectivity index (χ3v) is 3.91. The molecule has 2 heterocycles. The molecule has 1 aliphatic heterocycles. The lowest BCUT2D eigenvalue weighted by atomic mass is 9.87. The van der Waals surface area contributed by atoms with Crippen molar-refractivity contribution in [3.05, 3.63) is 57.6 Å². The molecule has 2 N–H and O–H groups in total. The van der Waals surface area contributed by atoms with Crippen LogP contribution in [0, 0.1) is 11.6 Å². The molecule has 2 aromatic rings. The van der Waals surface area contributed by atoms with Gasteiger partial charge in [-0.15, -0.1) is 0 Å². The van der Waals surface area contributed by atoms with E-state index in [2.05, 4.69) is 10.5 Å². The first-order chi connectivity index (χ1) is 10.1. The maximum atomic E-state index is 13.7. The molecule has 0 radical (unpaired) electrons. The van der Waals surface area contributed by atoms with E-state index in [4.69, 9.17) is 4.52 Å². The molecular formula is C15H16F2N2O2. The molecule has 6 heteroatoms. The van der Waals surface area contributed by atoms with Crippen molar-refractivity contribution in [2.75, 3.05) is 6.54 Å². The molecule has 0 aliphatic carbocycles. The summed E-state index contributed by atoms with van der Waals surface area (Å²) in [4.78, 5) is 11.1. The summed E-state index contributed by atoms with van der Waals surface area (Å²) in [6, 6.07) is 4.98. The SMILES string of the molecule is O=c1cc(C2CCNC(Cc3cc(F)ccc3F)C2)o[nH]1. The highest BCUT2D eigenvalue weighted by atomic mass is 19.1. The Hall–Kier alpha value is -1.95. The minimum atomic E-state index is -0.435. The third-order valence-electron chi connectivity index (χ3n) is 3.91. The molecule has 1 aromatic carbocycles. The summed E-state index contributed by atoms with van der Waals surface area (Å²) in [6.45, 7) is 0.751. The van der Waals surface area contributed by atoms with Gasteiger partial charge in [0.15, 0.2) is 0 Å². The maximum Gasteiger partial charge on any atom is 0.280 e. The summed E-state index contributed by atoms with van der Waals surface area (Å²) in [5.74, 6) is -0.0816. The van der Waals surface area contributed by atoms with E-state index in [1.54, 1.807) is 0 Å². The summed E-state index contributed by atoms with van der Waals surface area (Å²) < 4.78 is 32.0. The largest absolute Gasteiger partial charge is 0.383 e. The van der Waals surface area contributed by atoms with Crippen LogP contribution in [-0.4, -0.2) is 17.7 Å². The first-order valence-corrected chi connectivity index (χ1v) is 6.97. The first kappa shape index (κ1) is 14.0. The molecule has 0 spiro atoms. The highest BCUT2D eigenvalue weighted by Crippen LogP contribution is 2.28. The molecule has 1 saturated heterocycles. The van der Waals surface area contributed by atoms with Crippen LogP contribution in [0.3, 0.4) is 0 Å². The molecule has 0 bridgehead atoms. The second-order valence-electron chi connectivity index (χ2n) is 5.43. The fourth-order valence-corrected chi connectivity index (χ4v) is 2.88. The molecular weight excluding hydrogens is 278 g/mol. The Bertz CT molecular complexity index is 680. The zero-order chi connectivity index (χ0) is 14.8. The molecule has 2 atom stereocenters. The Morgan fingerprint density at radius 2 is 2.14 bits per heavy atom. The Balaban J connectivity index is 1.71. The van der Waals surface area contributed by atoms with Gasteiger partial charge in [0.2, 0.25) is 0 Å². The summed E-state index contributed by atoms with van der Waals surface area (Å²) in [6.07, 6.45) is 1.98. The fourth-order valence-electron chi connectivity index (χ4n) is 2.88. The smallest absolute Gasteiger partial charge is 0.280 e. The van der Waals surface area contributed by atoms with Gasteiger partial charge in [-0.05, 0) is 49.6 Å². The van der Waals surface area contributed by atoms with Crippen molar-refractivity contribution >= 4 is 0 Å². The van der Waals surface area contributed by atoms with E-state index < -0.39 is 11.6 Å². The van der Waals surface area contributed by atoms with Crippen LogP contribution in [0.5, 0.6) is 0 Å². The van der Waals surface area contributed by atoms with Gasteiger partial charge in [-0.2, -0.15) is 5.16 Å². The predicted molar refractivity (Wildman–Crippen MR) is 73.2 cm³/mol. The molecule has 4 nitrogen and oxygen atoms in total. The number of rotatable bonds is 3. The van der Waals surface area contributed by atoms with E-state index in [0.717, 1.165) is 31.5 Å². The molecule has 1 aliphatic rings. The minimum Gasteiger partial charge on any atom is -0.383 e. The van der Waals surface area contributed by atoms with Gasteiger partial charge in [-0.25, -0.2) is 8.78 Å². The average molecular weight is 294 g/mol.